The molecule has 0 saturated heterocycles. The monoisotopic (exact) mass is 2020 g/mol. The number of nitrogens with two attached hydrogens (primary N) is 1. The summed E-state index contributed by atoms with van der Waals surface area (Å²) in [6, 6.07) is 7.13. The highest BCUT2D eigenvalue weighted by atomic mass is 32.2. The van der Waals surface area contributed by atoms with E-state index in [-0.39, 0.29) is 95.9 Å². The van der Waals surface area contributed by atoms with Crippen LogP contribution in [0.4, 0.5) is 22.7 Å². The van der Waals surface area contributed by atoms with Gasteiger partial charge in [-0.2, -0.15) is 26.0 Å². The zero-order valence-corrected chi connectivity index (χ0v) is 84.0. The molecule has 4 aliphatic rings. The number of hydrogen-bond donors (Lipinski definition) is 14. The topological polar surface area (TPSA) is 623 Å². The van der Waals surface area contributed by atoms with E-state index < -0.39 is 189 Å². The Balaban J connectivity index is 0.794. The van der Waals surface area contributed by atoms with Gasteiger partial charge in [0.1, 0.15) is 69.6 Å². The van der Waals surface area contributed by atoms with Crippen LogP contribution in [0, 0.1) is 5.92 Å². The van der Waals surface area contributed by atoms with Gasteiger partial charge in [0.25, 0.3) is 20.2 Å². The number of likely N-dealkylation sites (N-methyl/N-ethyl adjacent to an activating group) is 1. The van der Waals surface area contributed by atoms with Crippen LogP contribution in [0.25, 0.3) is 0 Å². The smallest absolute Gasteiger partial charge is 0.305 e. The largest absolute Gasteiger partial charge is 0.744 e. The number of carboxylic acid groups (broad SMARTS) is 3. The molecule has 0 aromatic heterocycles. The van der Waals surface area contributed by atoms with Gasteiger partial charge in [0.15, 0.2) is 11.4 Å². The molecule has 4 aromatic carbocycles. The SMILES string of the molecule is CCN1/C(=C/C=C/C=C/C2=[N+](CCCCCC(=O)NCCCC[C@H](NC(=O)[C@H](CC(=O)O)NC(=O)[C@@H](NC(=O)[C@H](CCC(=O)O)NC(=O)[C@H](CC(=O)O)NC(=O)[C@H](CCCCNC(=O)CCCCCN3/C(=C/C=C/C4=[N+](CC)c5ccc(S(=O)(=O)[O-])cc5C4(C)C)C(C)(C)c4cc(S(=O)(=O)O)ccc43)NC(C)=O)C(C)C)C(N)=O)c3ccc(S(=O)(=O)[O-])cc3C2(C)C)C(C)(C)c2cc(S(=O)(=O)O)ccc21. The zero-order chi connectivity index (χ0) is 104. The lowest BCUT2D eigenvalue weighted by Crippen LogP contribution is -2.60. The summed E-state index contributed by atoms with van der Waals surface area (Å²) >= 11 is 0. The molecule has 0 radical (unpaired) electrons. The van der Waals surface area contributed by atoms with Gasteiger partial charge in [-0.3, -0.25) is 66.6 Å². The normalized spacial score (nSPS) is 17.1. The number of aliphatic carboxylic acids is 3. The Morgan fingerprint density at radius 2 is 0.850 bits per heavy atom. The van der Waals surface area contributed by atoms with Crippen LogP contribution < -0.4 is 58.1 Å². The van der Waals surface area contributed by atoms with Gasteiger partial charge in [-0.1, -0.05) is 72.3 Å². The molecule has 15 N–H and O–H groups in total. The van der Waals surface area contributed by atoms with E-state index in [1.54, 1.807) is 24.3 Å². The van der Waals surface area contributed by atoms with Crippen LogP contribution in [0.1, 0.15) is 228 Å². The zero-order valence-electron chi connectivity index (χ0n) is 80.8. The first kappa shape index (κ1) is 113. The van der Waals surface area contributed by atoms with E-state index in [2.05, 4.69) is 47.4 Å². The fourth-order valence-electron chi connectivity index (χ4n) is 18.0. The first-order valence-corrected chi connectivity index (χ1v) is 52.0. The Kier molecular flexibility index (Phi) is 38.6. The number of carbonyl (C=O) groups is 12. The lowest BCUT2D eigenvalue weighted by molar-refractivity contribution is -0.438. The maximum atomic E-state index is 14.2. The van der Waals surface area contributed by atoms with Crippen LogP contribution in [0.15, 0.2) is 152 Å². The van der Waals surface area contributed by atoms with Crippen molar-refractivity contribution < 1.29 is 134 Å². The minimum absolute atomic E-state index is 0.104. The standard InChI is InChI=1S/C96H129N13O27S4/c1-14-106-73-43-38-60(137(125,126)127)52-64(73)93(6,7)77(106)32-19-16-20-33-79-95(10,11)66-54-62(139(131,132)133)40-45-75(66)108(79)50-27-17-21-36-81(111)98-48-25-23-30-68(87(97)119)101-90(122)72(57-85(117)118)104-92(124)86(58(3)4)105-89(121)70(42-47-83(113)114)102-91(123)71(56-84(115)116)103-88(120)69(100-59(5)110)31-24-26-49-99-82(112)37-22-18-28-51-109-76-46-41-63(140(134,135)136)55-67(76)96(12,13)80(109)35-29-34-78-94(8,9)65-53-61(138(128,129)130)39-44-74(65)107(78)15-2/h16,19-20,29,32-35,38-41,43-46,52-55,58,68-72,86H,14-15,17-18,21-28,30-31,36-37,42,47-51,56-57H2,1-13H3,(H15-2,97,98,99,100,101,102,103,104,105,110,111,112,113,114,115,116,117,118,119,120,121,122,123,124,125,126,127,128,129,130,131,132,133,134,135,136)/t68-,69-,70-,71-,72-,86-/m0/s1. The van der Waals surface area contributed by atoms with Crippen LogP contribution in [0.2, 0.25) is 0 Å². The Morgan fingerprint density at radius 3 is 1.31 bits per heavy atom. The van der Waals surface area contributed by atoms with Gasteiger partial charge in [-0.15, -0.1) is 0 Å². The summed E-state index contributed by atoms with van der Waals surface area (Å²) in [5.41, 5.74) is 11.6. The highest BCUT2D eigenvalue weighted by molar-refractivity contribution is 7.86. The molecule has 764 valence electrons. The van der Waals surface area contributed by atoms with Crippen molar-refractivity contribution in [2.45, 2.75) is 283 Å². The van der Waals surface area contributed by atoms with Crippen LogP contribution in [-0.4, -0.2) is 234 Å². The molecule has 0 aliphatic carbocycles. The van der Waals surface area contributed by atoms with Crippen molar-refractivity contribution in [3.8, 4) is 0 Å². The molecule has 4 aliphatic heterocycles. The van der Waals surface area contributed by atoms with Gasteiger partial charge in [-0.05, 0) is 202 Å². The molecular formula is C96H129N13O27S4. The molecule has 0 saturated carbocycles. The average Bonchev–Trinajstić information content (AvgIpc) is 1.61. The second-order valence-electron chi connectivity index (χ2n) is 37.4. The van der Waals surface area contributed by atoms with Gasteiger partial charge in [0.05, 0.1) is 43.3 Å². The summed E-state index contributed by atoms with van der Waals surface area (Å²) in [5.74, 6) is -13.9. The summed E-state index contributed by atoms with van der Waals surface area (Å²) < 4.78 is 145. The van der Waals surface area contributed by atoms with Crippen molar-refractivity contribution >= 4 is 146 Å². The number of unbranched alkanes of at least 4 members (excludes halogenated alkanes) is 6. The van der Waals surface area contributed by atoms with Crippen molar-refractivity contribution in [2.75, 3.05) is 49.1 Å². The lowest BCUT2D eigenvalue weighted by Gasteiger charge is -2.28. The molecule has 9 amide bonds. The lowest BCUT2D eigenvalue weighted by atomic mass is 9.81. The van der Waals surface area contributed by atoms with Crippen molar-refractivity contribution in [2.24, 2.45) is 11.7 Å². The second-order valence-corrected chi connectivity index (χ2v) is 43.0. The molecule has 0 spiro atoms. The molecule has 8 rings (SSSR count). The predicted octanol–water partition coefficient (Wildman–Crippen LogP) is 7.09. The van der Waals surface area contributed by atoms with Gasteiger partial charge in [0, 0.05) is 128 Å². The number of carbonyl (C=O) groups excluding carboxylic acids is 9. The molecule has 6 atom stereocenters. The molecule has 4 heterocycles. The first-order valence-electron chi connectivity index (χ1n) is 46.3. The van der Waals surface area contributed by atoms with E-state index in [1.807, 2.05) is 132 Å². The minimum atomic E-state index is -4.81. The average molecular weight is 2030 g/mol. The second kappa shape index (κ2) is 47.8. The molecule has 40 nitrogen and oxygen atoms in total. The Bertz CT molecular complexity index is 6150. The van der Waals surface area contributed by atoms with Gasteiger partial charge >= 0.3 is 17.9 Å². The Hall–Kier alpha value is -12.2. The van der Waals surface area contributed by atoms with Crippen LogP contribution in [-0.2, 0) is 120 Å². The minimum Gasteiger partial charge on any atom is -0.744 e. The summed E-state index contributed by atoms with van der Waals surface area (Å²) in [4.78, 5) is 161. The number of rotatable bonds is 53. The summed E-state index contributed by atoms with van der Waals surface area (Å²) in [5, 5.41) is 49.1. The van der Waals surface area contributed by atoms with E-state index >= 15 is 0 Å². The van der Waals surface area contributed by atoms with Gasteiger partial charge < -0.3 is 82.5 Å². The molecule has 44 heteroatoms. The molecule has 140 heavy (non-hydrogen) atoms. The van der Waals surface area contributed by atoms with E-state index in [1.165, 1.54) is 62.4 Å². The highest BCUT2D eigenvalue weighted by Gasteiger charge is 2.48. The maximum Gasteiger partial charge on any atom is 0.305 e. The fraction of sp³-hybridized carbons (Fsp3) is 0.500. The number of carboxylic acids is 3. The number of allylic oxidation sites excluding steroid dienone is 10. The Morgan fingerprint density at radius 1 is 0.436 bits per heavy atom. The maximum absolute atomic E-state index is 14.2. The Labute approximate surface area is 816 Å². The van der Waals surface area contributed by atoms with Crippen LogP contribution in [0.5, 0.6) is 0 Å². The molecular weight excluding hydrogens is 1900 g/mol. The van der Waals surface area contributed by atoms with E-state index in [4.69, 9.17) is 5.73 Å². The number of anilines is 2. The van der Waals surface area contributed by atoms with Gasteiger partial charge in [0.2, 0.25) is 64.5 Å². The number of amides is 9. The molecule has 0 bridgehead atoms. The van der Waals surface area contributed by atoms with Crippen molar-refractivity contribution in [1.82, 2.24) is 42.5 Å². The summed E-state index contributed by atoms with van der Waals surface area (Å²) in [6.07, 6.45) is 15.4. The van der Waals surface area contributed by atoms with E-state index in [9.17, 15) is 125 Å². The molecule has 0 unspecified atom stereocenters. The third-order valence-electron chi connectivity index (χ3n) is 25.5. The third kappa shape index (κ3) is 29.3. The predicted molar refractivity (Wildman–Crippen MR) is 516 cm³/mol. The van der Waals surface area contributed by atoms with Gasteiger partial charge in [-0.25, -0.2) is 16.8 Å². The quantitative estimate of drug-likeness (QED) is 0.00907. The number of nitrogens with one attached hydrogen (secondary N) is 8. The molecule has 0 fully saturated rings. The van der Waals surface area contributed by atoms with E-state index in [0.717, 1.165) is 46.7 Å². The number of nitrogens with zero attached hydrogens (tertiary/aromatic N) is 4. The van der Waals surface area contributed by atoms with Crippen molar-refractivity contribution in [1.29, 1.82) is 0 Å². The van der Waals surface area contributed by atoms with Crippen molar-refractivity contribution in [3.63, 3.8) is 0 Å². The van der Waals surface area contributed by atoms with Crippen molar-refractivity contribution in [3.05, 3.63) is 155 Å². The fourth-order valence-corrected chi connectivity index (χ4v) is 20.0. The highest BCUT2D eigenvalue weighted by Crippen LogP contribution is 2.51. The van der Waals surface area contributed by atoms with Crippen LogP contribution in [0.3, 0.4) is 0 Å². The number of hydrogen-bond acceptors (Lipinski definition) is 24. The first-order chi connectivity index (χ1) is 65.3. The third-order valence-corrected chi connectivity index (χ3v) is 28.8. The number of benzene rings is 4. The number of fused-ring (bicyclic) bond motifs is 4. The summed E-state index contributed by atoms with van der Waals surface area (Å²) in [7, 11) is -18.6. The van der Waals surface area contributed by atoms with Crippen LogP contribution >= 0.6 is 0 Å². The summed E-state index contributed by atoms with van der Waals surface area (Å²) in [6.45, 7) is 25.5. The van der Waals surface area contributed by atoms with E-state index in [0.29, 0.717) is 92.8 Å². The molecule has 4 aromatic rings. The number of primary amides is 1.